The number of amides is 1. The number of rotatable bonds is 6. The van der Waals surface area contributed by atoms with Crippen molar-refractivity contribution < 1.29 is 4.79 Å². The van der Waals surface area contributed by atoms with E-state index in [9.17, 15) is 4.79 Å². The molecule has 144 valence electrons. The predicted octanol–water partition coefficient (Wildman–Crippen LogP) is 5.29. The van der Waals surface area contributed by atoms with Gasteiger partial charge in [0.1, 0.15) is 0 Å². The Morgan fingerprint density at radius 3 is 2.68 bits per heavy atom. The molecule has 0 aliphatic heterocycles. The summed E-state index contributed by atoms with van der Waals surface area (Å²) in [5.74, 6) is 0.263. The zero-order valence-electron chi connectivity index (χ0n) is 15.6. The molecule has 1 amide bonds. The highest BCUT2D eigenvalue weighted by atomic mass is 79.9. The van der Waals surface area contributed by atoms with E-state index in [0.29, 0.717) is 11.3 Å². The summed E-state index contributed by atoms with van der Waals surface area (Å²) in [5.41, 5.74) is 3.22. The fraction of sp³-hybridized carbons (Fsp3) is 0.286. The second kappa shape index (κ2) is 8.49. The minimum Gasteiger partial charge on any atom is -0.325 e. The molecule has 0 unspecified atom stereocenters. The zero-order chi connectivity index (χ0) is 19.5. The SMILES string of the molecule is Cc1ccc(Cn2nc(Br)nc2Sc2ccccc2NC(=O)C2CCC2)cc1. The molecule has 1 aromatic heterocycles. The quantitative estimate of drug-likeness (QED) is 0.547. The molecular weight excluding hydrogens is 436 g/mol. The molecular formula is C21H21BrN4OS. The van der Waals surface area contributed by atoms with Crippen LogP contribution in [0.25, 0.3) is 0 Å². The molecule has 1 heterocycles. The van der Waals surface area contributed by atoms with Crippen molar-refractivity contribution in [3.05, 3.63) is 64.4 Å². The Morgan fingerprint density at radius 2 is 1.96 bits per heavy atom. The first-order valence-electron chi connectivity index (χ1n) is 9.32. The molecule has 0 bridgehead atoms. The minimum atomic E-state index is 0.113. The maximum absolute atomic E-state index is 12.4. The molecule has 0 radical (unpaired) electrons. The molecule has 1 fully saturated rings. The van der Waals surface area contributed by atoms with E-state index in [-0.39, 0.29) is 11.8 Å². The van der Waals surface area contributed by atoms with Gasteiger partial charge in [0.05, 0.1) is 12.2 Å². The standard InChI is InChI=1S/C21H21BrN4OS/c1-14-9-11-15(12-10-14)13-26-21(24-20(22)25-26)28-18-8-3-2-7-17(18)23-19(27)16-5-4-6-16/h2-3,7-12,16H,4-6,13H2,1H3,(H,23,27). The van der Waals surface area contributed by atoms with Crippen LogP contribution in [0.5, 0.6) is 0 Å². The molecule has 2 aromatic carbocycles. The van der Waals surface area contributed by atoms with Crippen LogP contribution >= 0.6 is 27.7 Å². The summed E-state index contributed by atoms with van der Waals surface area (Å²) in [6.07, 6.45) is 3.11. The van der Waals surface area contributed by atoms with Crippen molar-refractivity contribution in [2.75, 3.05) is 5.32 Å². The van der Waals surface area contributed by atoms with Gasteiger partial charge in [-0.15, -0.1) is 5.10 Å². The molecule has 0 saturated heterocycles. The van der Waals surface area contributed by atoms with Crippen molar-refractivity contribution in [3.63, 3.8) is 0 Å². The van der Waals surface area contributed by atoms with Crippen molar-refractivity contribution in [3.8, 4) is 0 Å². The number of benzene rings is 2. The third kappa shape index (κ3) is 4.47. The van der Waals surface area contributed by atoms with Crippen LogP contribution in [0.3, 0.4) is 0 Å². The average molecular weight is 457 g/mol. The maximum Gasteiger partial charge on any atom is 0.227 e. The van der Waals surface area contributed by atoms with E-state index in [0.717, 1.165) is 40.6 Å². The van der Waals surface area contributed by atoms with Crippen molar-refractivity contribution in [1.82, 2.24) is 14.8 Å². The van der Waals surface area contributed by atoms with Gasteiger partial charge >= 0.3 is 0 Å². The van der Waals surface area contributed by atoms with Crippen LogP contribution in [0.1, 0.15) is 30.4 Å². The number of carbonyl (C=O) groups is 1. The third-order valence-corrected chi connectivity index (χ3v) is 6.28. The molecule has 0 atom stereocenters. The number of halogens is 1. The van der Waals surface area contributed by atoms with Gasteiger partial charge in [-0.1, -0.05) is 48.4 Å². The Morgan fingerprint density at radius 1 is 1.21 bits per heavy atom. The first-order valence-corrected chi connectivity index (χ1v) is 10.9. The summed E-state index contributed by atoms with van der Waals surface area (Å²) in [4.78, 5) is 17.9. The van der Waals surface area contributed by atoms with E-state index < -0.39 is 0 Å². The molecule has 1 saturated carbocycles. The summed E-state index contributed by atoms with van der Waals surface area (Å²) in [7, 11) is 0. The van der Waals surface area contributed by atoms with E-state index in [1.165, 1.54) is 17.3 Å². The number of anilines is 1. The second-order valence-corrected chi connectivity index (χ2v) is 8.74. The number of nitrogens with one attached hydrogen (secondary N) is 1. The molecule has 4 rings (SSSR count). The van der Waals surface area contributed by atoms with Crippen LogP contribution in [0.4, 0.5) is 5.69 Å². The largest absolute Gasteiger partial charge is 0.325 e. The van der Waals surface area contributed by atoms with Gasteiger partial charge in [-0.2, -0.15) is 4.98 Å². The lowest BCUT2D eigenvalue weighted by atomic mass is 9.85. The molecule has 3 aromatic rings. The highest BCUT2D eigenvalue weighted by Crippen LogP contribution is 2.35. The maximum atomic E-state index is 12.4. The van der Waals surface area contributed by atoms with Crippen molar-refractivity contribution in [1.29, 1.82) is 0 Å². The first-order chi connectivity index (χ1) is 13.6. The van der Waals surface area contributed by atoms with Crippen LogP contribution in [0.15, 0.2) is 63.3 Å². The van der Waals surface area contributed by atoms with Crippen LogP contribution in [0.2, 0.25) is 0 Å². The van der Waals surface area contributed by atoms with Gasteiger partial charge in [-0.25, -0.2) is 4.68 Å². The highest BCUT2D eigenvalue weighted by Gasteiger charge is 2.25. The Bertz CT molecular complexity index is 982. The summed E-state index contributed by atoms with van der Waals surface area (Å²) in [6, 6.07) is 16.2. The molecule has 28 heavy (non-hydrogen) atoms. The summed E-state index contributed by atoms with van der Waals surface area (Å²) < 4.78 is 2.43. The fourth-order valence-electron chi connectivity index (χ4n) is 3.01. The fourth-order valence-corrected chi connectivity index (χ4v) is 4.40. The van der Waals surface area contributed by atoms with Gasteiger partial charge in [0.25, 0.3) is 0 Å². The Hall–Kier alpha value is -2.12. The summed E-state index contributed by atoms with van der Waals surface area (Å²) >= 11 is 4.90. The van der Waals surface area contributed by atoms with E-state index in [4.69, 9.17) is 0 Å². The van der Waals surface area contributed by atoms with Gasteiger partial charge in [0.15, 0.2) is 5.16 Å². The molecule has 1 aliphatic carbocycles. The molecule has 1 aliphatic rings. The van der Waals surface area contributed by atoms with E-state index in [1.807, 2.05) is 28.9 Å². The number of hydrogen-bond acceptors (Lipinski definition) is 4. The third-order valence-electron chi connectivity index (χ3n) is 4.89. The lowest BCUT2D eigenvalue weighted by Gasteiger charge is -2.24. The monoisotopic (exact) mass is 456 g/mol. The number of carbonyl (C=O) groups excluding carboxylic acids is 1. The Balaban J connectivity index is 1.54. The number of aromatic nitrogens is 3. The van der Waals surface area contributed by atoms with Gasteiger partial charge in [0.2, 0.25) is 10.6 Å². The van der Waals surface area contributed by atoms with Crippen molar-refractivity contribution in [2.45, 2.75) is 42.8 Å². The number of para-hydroxylation sites is 1. The number of hydrogen-bond donors (Lipinski definition) is 1. The minimum absolute atomic E-state index is 0.113. The predicted molar refractivity (Wildman–Crippen MR) is 115 cm³/mol. The van der Waals surface area contributed by atoms with Gasteiger partial charge in [0, 0.05) is 10.8 Å². The van der Waals surface area contributed by atoms with Crippen LogP contribution in [-0.4, -0.2) is 20.7 Å². The normalized spacial score (nSPS) is 13.9. The van der Waals surface area contributed by atoms with Crippen LogP contribution < -0.4 is 5.32 Å². The highest BCUT2D eigenvalue weighted by molar-refractivity contribution is 9.10. The summed E-state index contributed by atoms with van der Waals surface area (Å²) in [6.45, 7) is 2.71. The average Bonchev–Trinajstić information content (AvgIpc) is 2.96. The first kappa shape index (κ1) is 19.2. The number of aryl methyl sites for hydroxylation is 1. The van der Waals surface area contributed by atoms with Crippen LogP contribution in [0, 0.1) is 12.8 Å². The second-order valence-electron chi connectivity index (χ2n) is 7.02. The van der Waals surface area contributed by atoms with Gasteiger partial charge in [-0.3, -0.25) is 4.79 Å². The van der Waals surface area contributed by atoms with Gasteiger partial charge < -0.3 is 5.32 Å². The molecule has 0 spiro atoms. The van der Waals surface area contributed by atoms with E-state index in [1.54, 1.807) is 0 Å². The smallest absolute Gasteiger partial charge is 0.227 e. The Kier molecular flexibility index (Phi) is 5.82. The van der Waals surface area contributed by atoms with E-state index >= 15 is 0 Å². The molecule has 5 nitrogen and oxygen atoms in total. The number of nitrogens with zero attached hydrogens (tertiary/aromatic N) is 3. The van der Waals surface area contributed by atoms with Crippen LogP contribution in [-0.2, 0) is 11.3 Å². The topological polar surface area (TPSA) is 59.8 Å². The lowest BCUT2D eigenvalue weighted by molar-refractivity contribution is -0.122. The van der Waals surface area contributed by atoms with E-state index in [2.05, 4.69) is 62.5 Å². The summed E-state index contributed by atoms with van der Waals surface area (Å²) in [5, 5.41) is 8.34. The zero-order valence-corrected chi connectivity index (χ0v) is 18.0. The lowest BCUT2D eigenvalue weighted by Crippen LogP contribution is -2.28. The molecule has 7 heteroatoms. The van der Waals surface area contributed by atoms with Gasteiger partial charge in [-0.05, 0) is 65.2 Å². The van der Waals surface area contributed by atoms with Crippen molar-refractivity contribution in [2.24, 2.45) is 5.92 Å². The van der Waals surface area contributed by atoms with Crippen molar-refractivity contribution >= 4 is 39.3 Å². The molecule has 1 N–H and O–H groups in total. The Labute approximate surface area is 177 Å².